The van der Waals surface area contributed by atoms with Crippen molar-refractivity contribution < 1.29 is 4.74 Å². The first-order chi connectivity index (χ1) is 6.63. The van der Waals surface area contributed by atoms with Gasteiger partial charge in [-0.1, -0.05) is 0 Å². The zero-order valence-corrected chi connectivity index (χ0v) is 12.2. The first-order valence-electron chi connectivity index (χ1n) is 3.93. The van der Waals surface area contributed by atoms with Crippen LogP contribution in [0.5, 0.6) is 0 Å². The molecule has 1 aromatic carbocycles. The van der Waals surface area contributed by atoms with Crippen molar-refractivity contribution in [2.45, 2.75) is 11.8 Å². The van der Waals surface area contributed by atoms with Gasteiger partial charge < -0.3 is 4.74 Å². The van der Waals surface area contributed by atoms with Gasteiger partial charge in [-0.15, -0.1) is 0 Å². The van der Waals surface area contributed by atoms with E-state index in [1.165, 1.54) is 11.8 Å². The van der Waals surface area contributed by atoms with E-state index in [4.69, 9.17) is 17.0 Å². The highest BCUT2D eigenvalue weighted by atomic mass is 79.9. The van der Waals surface area contributed by atoms with Gasteiger partial charge in [-0.05, 0) is 81.0 Å². The average Bonchev–Trinajstić information content (AvgIpc) is 2.12. The summed E-state index contributed by atoms with van der Waals surface area (Å²) in [4.78, 5) is 1.07. The van der Waals surface area contributed by atoms with Crippen molar-refractivity contribution in [3.05, 3.63) is 27.1 Å². The maximum absolute atomic E-state index is 5.18. The van der Waals surface area contributed by atoms with E-state index in [9.17, 15) is 0 Å². The van der Waals surface area contributed by atoms with E-state index in [-0.39, 0.29) is 0 Å². The fourth-order valence-electron chi connectivity index (χ4n) is 0.784. The van der Waals surface area contributed by atoms with Crippen molar-refractivity contribution in [1.82, 2.24) is 0 Å². The molecule has 5 heteroatoms. The smallest absolute Gasteiger partial charge is 0.224 e. The molecule has 0 fully saturated rings. The maximum Gasteiger partial charge on any atom is 0.224 e. The van der Waals surface area contributed by atoms with Crippen LogP contribution in [0.1, 0.15) is 6.92 Å². The minimum Gasteiger partial charge on any atom is -0.479 e. The highest BCUT2D eigenvalue weighted by Gasteiger charge is 2.03. The first kappa shape index (κ1) is 12.5. The molecule has 0 unspecified atom stereocenters. The third-order valence-corrected chi connectivity index (χ3v) is 4.38. The van der Waals surface area contributed by atoms with Crippen LogP contribution in [0, 0.1) is 0 Å². The molecule has 1 rings (SSSR count). The van der Waals surface area contributed by atoms with Crippen LogP contribution in [0.4, 0.5) is 0 Å². The zero-order valence-electron chi connectivity index (χ0n) is 7.42. The molecule has 0 heterocycles. The number of ether oxygens (including phenoxy) is 1. The lowest BCUT2D eigenvalue weighted by Crippen LogP contribution is -1.94. The second kappa shape index (κ2) is 6.10. The molecule has 0 spiro atoms. The molecule has 76 valence electrons. The Kier molecular flexibility index (Phi) is 5.44. The summed E-state index contributed by atoms with van der Waals surface area (Å²) in [6.45, 7) is 2.54. The lowest BCUT2D eigenvalue weighted by molar-refractivity contribution is 0.346. The van der Waals surface area contributed by atoms with E-state index in [2.05, 4.69) is 31.9 Å². The van der Waals surface area contributed by atoms with Gasteiger partial charge in [0.25, 0.3) is 0 Å². The molecule has 1 nitrogen and oxygen atoms in total. The van der Waals surface area contributed by atoms with Crippen LogP contribution in [0.25, 0.3) is 0 Å². The number of benzene rings is 1. The van der Waals surface area contributed by atoms with Crippen molar-refractivity contribution in [3.8, 4) is 0 Å². The molecule has 0 N–H and O–H groups in total. The summed E-state index contributed by atoms with van der Waals surface area (Å²) in [6, 6.07) is 5.96. The molecule has 0 radical (unpaired) electrons. The highest BCUT2D eigenvalue weighted by molar-refractivity contribution is 9.13. The Bertz CT molecular complexity index is 342. The minimum absolute atomic E-state index is 0.557. The molecule has 0 saturated carbocycles. The molecule has 0 amide bonds. The summed E-state index contributed by atoms with van der Waals surface area (Å²) in [5.74, 6) is 0. The van der Waals surface area contributed by atoms with Crippen LogP contribution >= 0.6 is 55.8 Å². The lowest BCUT2D eigenvalue weighted by atomic mass is 10.4. The van der Waals surface area contributed by atoms with E-state index < -0.39 is 0 Å². The molecule has 0 atom stereocenters. The van der Waals surface area contributed by atoms with Crippen molar-refractivity contribution >= 4 is 60.2 Å². The molecule has 1 aromatic rings. The molecule has 0 aromatic heterocycles. The maximum atomic E-state index is 5.18. The van der Waals surface area contributed by atoms with Gasteiger partial charge in [0.05, 0.1) is 6.61 Å². The van der Waals surface area contributed by atoms with Crippen LogP contribution in [-0.2, 0) is 4.74 Å². The van der Waals surface area contributed by atoms with Gasteiger partial charge in [0.2, 0.25) is 4.38 Å². The minimum atomic E-state index is 0.557. The Labute approximate surface area is 110 Å². The average molecular weight is 356 g/mol. The largest absolute Gasteiger partial charge is 0.479 e. The SMILES string of the molecule is CCOC(=S)Sc1ccc(Br)c(Br)c1. The molecule has 0 saturated heterocycles. The molecular weight excluding hydrogens is 348 g/mol. The fourth-order valence-corrected chi connectivity index (χ4v) is 2.65. The van der Waals surface area contributed by atoms with E-state index in [1.807, 2.05) is 25.1 Å². The quantitative estimate of drug-likeness (QED) is 0.565. The van der Waals surface area contributed by atoms with Crippen molar-refractivity contribution in [1.29, 1.82) is 0 Å². The standard InChI is InChI=1S/C9H8Br2OS2/c1-2-12-9(13)14-6-3-4-7(10)8(11)5-6/h3-5H,2H2,1H3. The summed E-state index contributed by atoms with van der Waals surface area (Å²) >= 11 is 13.3. The van der Waals surface area contributed by atoms with Crippen LogP contribution in [-0.4, -0.2) is 11.0 Å². The summed E-state index contributed by atoms with van der Waals surface area (Å²) < 4.78 is 7.79. The van der Waals surface area contributed by atoms with Gasteiger partial charge in [-0.25, -0.2) is 0 Å². The number of halogens is 2. The van der Waals surface area contributed by atoms with Crippen molar-refractivity contribution in [2.75, 3.05) is 6.61 Å². The summed E-state index contributed by atoms with van der Waals surface area (Å²) in [5, 5.41) is 0. The van der Waals surface area contributed by atoms with E-state index in [0.29, 0.717) is 11.0 Å². The Morgan fingerprint density at radius 2 is 2.14 bits per heavy atom. The number of hydrogen-bond donors (Lipinski definition) is 0. The third-order valence-electron chi connectivity index (χ3n) is 1.35. The Morgan fingerprint density at radius 1 is 1.43 bits per heavy atom. The van der Waals surface area contributed by atoms with Gasteiger partial charge in [0, 0.05) is 13.8 Å². The van der Waals surface area contributed by atoms with Gasteiger partial charge in [-0.3, -0.25) is 0 Å². The molecule has 0 aliphatic rings. The number of thioether (sulfide) groups is 1. The predicted molar refractivity (Wildman–Crippen MR) is 71.9 cm³/mol. The van der Waals surface area contributed by atoms with Crippen molar-refractivity contribution in [2.24, 2.45) is 0 Å². The Hall–Kier alpha value is 0.420. The van der Waals surface area contributed by atoms with E-state index in [1.54, 1.807) is 0 Å². The van der Waals surface area contributed by atoms with E-state index in [0.717, 1.165) is 13.8 Å². The van der Waals surface area contributed by atoms with Crippen LogP contribution in [0.2, 0.25) is 0 Å². The number of hydrogen-bond acceptors (Lipinski definition) is 3. The Balaban J connectivity index is 2.68. The lowest BCUT2D eigenvalue weighted by Gasteiger charge is -2.04. The molecule has 0 aliphatic heterocycles. The molecular formula is C9H8Br2OS2. The summed E-state index contributed by atoms with van der Waals surface area (Å²) in [7, 11) is 0. The van der Waals surface area contributed by atoms with Gasteiger partial charge in [0.1, 0.15) is 0 Å². The van der Waals surface area contributed by atoms with Crippen LogP contribution < -0.4 is 0 Å². The molecule has 0 aliphatic carbocycles. The summed E-state index contributed by atoms with van der Waals surface area (Å²) in [6.07, 6.45) is 0. The number of rotatable bonds is 2. The monoisotopic (exact) mass is 354 g/mol. The van der Waals surface area contributed by atoms with Gasteiger partial charge in [0.15, 0.2) is 0 Å². The summed E-state index contributed by atoms with van der Waals surface area (Å²) in [5.41, 5.74) is 0. The normalized spacial score (nSPS) is 9.93. The third kappa shape index (κ3) is 3.88. The fraction of sp³-hybridized carbons (Fsp3) is 0.222. The highest BCUT2D eigenvalue weighted by Crippen LogP contribution is 2.29. The van der Waals surface area contributed by atoms with Gasteiger partial charge >= 0.3 is 0 Å². The van der Waals surface area contributed by atoms with Crippen LogP contribution in [0.15, 0.2) is 32.0 Å². The van der Waals surface area contributed by atoms with E-state index >= 15 is 0 Å². The molecule has 14 heavy (non-hydrogen) atoms. The first-order valence-corrected chi connectivity index (χ1v) is 6.74. The predicted octanol–water partition coefficient (Wildman–Crippen LogP) is 4.63. The number of thiocarbonyl (C=S) groups is 1. The topological polar surface area (TPSA) is 9.23 Å². The van der Waals surface area contributed by atoms with Gasteiger partial charge in [-0.2, -0.15) is 0 Å². The second-order valence-electron chi connectivity index (χ2n) is 2.36. The van der Waals surface area contributed by atoms with Crippen LogP contribution in [0.3, 0.4) is 0 Å². The Morgan fingerprint density at radius 3 is 2.71 bits per heavy atom. The molecule has 0 bridgehead atoms. The zero-order chi connectivity index (χ0) is 10.6. The van der Waals surface area contributed by atoms with Crippen molar-refractivity contribution in [3.63, 3.8) is 0 Å². The second-order valence-corrected chi connectivity index (χ2v) is 5.75.